The first-order valence-electron chi connectivity index (χ1n) is 11.6. The number of carbonyl (C=O) groups is 2. The summed E-state index contributed by atoms with van der Waals surface area (Å²) in [4.78, 5) is 27.6. The Morgan fingerprint density at radius 3 is 2.46 bits per heavy atom. The number of ether oxygens (including phenoxy) is 1. The first-order valence-corrected chi connectivity index (χ1v) is 12.4. The molecule has 0 radical (unpaired) electrons. The molecule has 2 aliphatic rings. The SMILES string of the molecule is COC(=O)c1ccc([C@H](C)NC(=O)c2cc(Cl)cc3c2N(Cc2cccc(Cl)c2)CC32CC2)cc1. The highest BCUT2D eigenvalue weighted by Gasteiger charge is 2.52. The topological polar surface area (TPSA) is 58.6 Å². The second kappa shape index (κ2) is 9.21. The summed E-state index contributed by atoms with van der Waals surface area (Å²) in [5, 5.41) is 4.38. The average molecular weight is 509 g/mol. The van der Waals surface area contributed by atoms with Crippen molar-refractivity contribution >= 4 is 40.8 Å². The van der Waals surface area contributed by atoms with E-state index in [1.807, 2.05) is 43.3 Å². The summed E-state index contributed by atoms with van der Waals surface area (Å²) in [6.45, 7) is 3.45. The molecule has 1 N–H and O–H groups in total. The molecule has 0 saturated heterocycles. The molecule has 3 aromatic rings. The van der Waals surface area contributed by atoms with Crippen molar-refractivity contribution in [3.8, 4) is 0 Å². The van der Waals surface area contributed by atoms with Crippen molar-refractivity contribution in [2.45, 2.75) is 37.8 Å². The molecule has 1 amide bonds. The van der Waals surface area contributed by atoms with Gasteiger partial charge >= 0.3 is 5.97 Å². The zero-order valence-electron chi connectivity index (χ0n) is 19.6. The third-order valence-electron chi connectivity index (χ3n) is 7.00. The minimum Gasteiger partial charge on any atom is -0.465 e. The number of hydrogen-bond acceptors (Lipinski definition) is 4. The van der Waals surface area contributed by atoms with E-state index in [4.69, 9.17) is 27.9 Å². The maximum Gasteiger partial charge on any atom is 0.337 e. The van der Waals surface area contributed by atoms with Crippen molar-refractivity contribution < 1.29 is 14.3 Å². The number of methoxy groups -OCH3 is 1. The quantitative estimate of drug-likeness (QED) is 0.395. The average Bonchev–Trinajstić information content (AvgIpc) is 3.56. The Kier molecular flexibility index (Phi) is 6.24. The minimum atomic E-state index is -0.392. The van der Waals surface area contributed by atoms with Crippen LogP contribution in [0.3, 0.4) is 0 Å². The van der Waals surface area contributed by atoms with Crippen LogP contribution in [0.25, 0.3) is 0 Å². The van der Waals surface area contributed by atoms with Crippen LogP contribution in [-0.4, -0.2) is 25.5 Å². The predicted octanol–water partition coefficient (Wildman–Crippen LogP) is 6.32. The van der Waals surface area contributed by atoms with Gasteiger partial charge in [0.1, 0.15) is 0 Å². The summed E-state index contributed by atoms with van der Waals surface area (Å²) < 4.78 is 4.76. The van der Waals surface area contributed by atoms with Crippen molar-refractivity contribution in [2.75, 3.05) is 18.6 Å². The lowest BCUT2D eigenvalue weighted by molar-refractivity contribution is 0.0600. The molecule has 1 spiro atoms. The summed E-state index contributed by atoms with van der Waals surface area (Å²) in [7, 11) is 1.35. The first-order chi connectivity index (χ1) is 16.8. The van der Waals surface area contributed by atoms with Crippen LogP contribution in [0.2, 0.25) is 10.0 Å². The van der Waals surface area contributed by atoms with E-state index in [1.165, 1.54) is 7.11 Å². The molecule has 1 atom stereocenters. The first kappa shape index (κ1) is 23.7. The fraction of sp³-hybridized carbons (Fsp3) is 0.286. The van der Waals surface area contributed by atoms with Crippen LogP contribution in [0.1, 0.15) is 63.2 Å². The largest absolute Gasteiger partial charge is 0.465 e. The molecule has 1 aliphatic carbocycles. The maximum absolute atomic E-state index is 13.6. The third kappa shape index (κ3) is 4.63. The van der Waals surface area contributed by atoms with Gasteiger partial charge in [-0.15, -0.1) is 0 Å². The van der Waals surface area contributed by atoms with E-state index in [-0.39, 0.29) is 17.4 Å². The number of benzene rings is 3. The van der Waals surface area contributed by atoms with Gasteiger partial charge in [0, 0.05) is 28.5 Å². The number of rotatable bonds is 6. The van der Waals surface area contributed by atoms with Crippen LogP contribution >= 0.6 is 23.2 Å². The summed E-state index contributed by atoms with van der Waals surface area (Å²) in [6.07, 6.45) is 2.19. The highest BCUT2D eigenvalue weighted by molar-refractivity contribution is 6.31. The van der Waals surface area contributed by atoms with E-state index in [0.29, 0.717) is 27.7 Å². The third-order valence-corrected chi connectivity index (χ3v) is 7.45. The second-order valence-corrected chi connectivity index (χ2v) is 10.3. The van der Waals surface area contributed by atoms with Gasteiger partial charge in [0.25, 0.3) is 5.91 Å². The number of carbonyl (C=O) groups excluding carboxylic acids is 2. The van der Waals surface area contributed by atoms with Crippen LogP contribution in [0, 0.1) is 0 Å². The van der Waals surface area contributed by atoms with Crippen molar-refractivity contribution in [2.24, 2.45) is 0 Å². The van der Waals surface area contributed by atoms with Gasteiger partial charge in [-0.1, -0.05) is 47.5 Å². The van der Waals surface area contributed by atoms with Gasteiger partial charge in [-0.3, -0.25) is 4.79 Å². The van der Waals surface area contributed by atoms with E-state index in [0.717, 1.165) is 41.8 Å². The highest BCUT2D eigenvalue weighted by Crippen LogP contribution is 2.58. The molecular formula is C28H26Cl2N2O3. The summed E-state index contributed by atoms with van der Waals surface area (Å²) >= 11 is 12.7. The van der Waals surface area contributed by atoms with E-state index >= 15 is 0 Å². The lowest BCUT2D eigenvalue weighted by Crippen LogP contribution is -2.29. The number of amides is 1. The van der Waals surface area contributed by atoms with Crippen LogP contribution < -0.4 is 10.2 Å². The fourth-order valence-corrected chi connectivity index (χ4v) is 5.43. The number of esters is 1. The molecule has 1 saturated carbocycles. The zero-order chi connectivity index (χ0) is 24.7. The molecule has 1 heterocycles. The van der Waals surface area contributed by atoms with Crippen LogP contribution in [0.15, 0.2) is 60.7 Å². The van der Waals surface area contributed by atoms with Crippen molar-refractivity contribution in [3.05, 3.63) is 98.5 Å². The van der Waals surface area contributed by atoms with E-state index < -0.39 is 5.97 Å². The molecule has 180 valence electrons. The summed E-state index contributed by atoms with van der Waals surface area (Å²) in [6, 6.07) is 18.4. The van der Waals surface area contributed by atoms with Gasteiger partial charge in [-0.05, 0) is 72.9 Å². The molecule has 0 bridgehead atoms. The van der Waals surface area contributed by atoms with Gasteiger partial charge in [0.15, 0.2) is 0 Å². The Labute approximate surface area is 215 Å². The molecule has 35 heavy (non-hydrogen) atoms. The van der Waals surface area contributed by atoms with E-state index in [9.17, 15) is 9.59 Å². The Morgan fingerprint density at radius 1 is 1.06 bits per heavy atom. The zero-order valence-corrected chi connectivity index (χ0v) is 21.1. The summed E-state index contributed by atoms with van der Waals surface area (Å²) in [5.74, 6) is -0.571. The lowest BCUT2D eigenvalue weighted by Gasteiger charge is -2.23. The number of nitrogens with zero attached hydrogens (tertiary/aromatic N) is 1. The van der Waals surface area contributed by atoms with Gasteiger partial charge in [0.2, 0.25) is 0 Å². The van der Waals surface area contributed by atoms with Gasteiger partial charge in [-0.2, -0.15) is 0 Å². The molecule has 1 fully saturated rings. The fourth-order valence-electron chi connectivity index (χ4n) is 5.00. The van der Waals surface area contributed by atoms with Crippen molar-refractivity contribution in [1.29, 1.82) is 0 Å². The number of nitrogens with one attached hydrogen (secondary N) is 1. The lowest BCUT2D eigenvalue weighted by atomic mass is 9.96. The van der Waals surface area contributed by atoms with Gasteiger partial charge in [0.05, 0.1) is 30.0 Å². The number of anilines is 1. The van der Waals surface area contributed by atoms with E-state index in [2.05, 4.69) is 16.3 Å². The Hall–Kier alpha value is -3.02. The van der Waals surface area contributed by atoms with E-state index in [1.54, 1.807) is 18.2 Å². The summed E-state index contributed by atoms with van der Waals surface area (Å²) in [5.41, 5.74) is 5.22. The molecule has 7 heteroatoms. The number of halogens is 2. The van der Waals surface area contributed by atoms with Gasteiger partial charge in [-0.25, -0.2) is 4.79 Å². The smallest absolute Gasteiger partial charge is 0.337 e. The highest BCUT2D eigenvalue weighted by atomic mass is 35.5. The number of fused-ring (bicyclic) bond motifs is 2. The Bertz CT molecular complexity index is 1300. The molecule has 5 nitrogen and oxygen atoms in total. The second-order valence-electron chi connectivity index (χ2n) is 9.42. The molecule has 3 aromatic carbocycles. The standard InChI is InChI=1S/C28H26Cl2N2O3/c1-17(19-6-8-20(9-7-19)27(34)35-2)31-26(33)23-13-22(30)14-24-25(23)32(16-28(24)10-11-28)15-18-4-3-5-21(29)12-18/h3-9,12-14,17H,10-11,15-16H2,1-2H3,(H,31,33)/t17-/m0/s1. The van der Waals surface area contributed by atoms with Crippen molar-refractivity contribution in [1.82, 2.24) is 5.32 Å². The normalized spacial score (nSPS) is 16.1. The molecule has 0 unspecified atom stereocenters. The Balaban J connectivity index is 1.43. The monoisotopic (exact) mass is 508 g/mol. The molecule has 0 aromatic heterocycles. The maximum atomic E-state index is 13.6. The van der Waals surface area contributed by atoms with Crippen LogP contribution in [0.5, 0.6) is 0 Å². The van der Waals surface area contributed by atoms with Crippen LogP contribution in [-0.2, 0) is 16.7 Å². The van der Waals surface area contributed by atoms with Crippen molar-refractivity contribution in [3.63, 3.8) is 0 Å². The minimum absolute atomic E-state index is 0.0726. The number of hydrogen-bond donors (Lipinski definition) is 1. The van der Waals surface area contributed by atoms with Crippen LogP contribution in [0.4, 0.5) is 5.69 Å². The predicted molar refractivity (Wildman–Crippen MR) is 139 cm³/mol. The Morgan fingerprint density at radius 2 is 1.80 bits per heavy atom. The molecular weight excluding hydrogens is 483 g/mol. The molecule has 1 aliphatic heterocycles. The molecule has 5 rings (SSSR count). The van der Waals surface area contributed by atoms with Gasteiger partial charge < -0.3 is 15.0 Å².